The second kappa shape index (κ2) is 29.0. The number of aromatic nitrogens is 1. The van der Waals surface area contributed by atoms with Crippen LogP contribution in [0, 0.1) is 13.8 Å². The number of hydrogen-bond acceptors (Lipinski definition) is 2. The summed E-state index contributed by atoms with van der Waals surface area (Å²) in [5, 5.41) is 2.49. The van der Waals surface area contributed by atoms with E-state index in [2.05, 4.69) is 303 Å². The van der Waals surface area contributed by atoms with Crippen molar-refractivity contribution in [1.29, 1.82) is 0 Å². The van der Waals surface area contributed by atoms with Gasteiger partial charge in [0.15, 0.2) is 0 Å². The maximum atomic E-state index is 2.62. The lowest BCUT2D eigenvalue weighted by Crippen LogP contribution is -2.25. The summed E-state index contributed by atoms with van der Waals surface area (Å²) in [4.78, 5) is 4.72. The number of benzene rings is 11. The maximum Gasteiger partial charge on any atom is 0.0547 e. The molecule has 0 atom stereocenters. The first-order chi connectivity index (χ1) is 45.4. The Balaban J connectivity index is 0.773. The van der Waals surface area contributed by atoms with Gasteiger partial charge >= 0.3 is 0 Å². The van der Waals surface area contributed by atoms with Crippen molar-refractivity contribution in [3.05, 3.63) is 283 Å². The van der Waals surface area contributed by atoms with Gasteiger partial charge in [-0.15, -0.1) is 0 Å². The minimum absolute atomic E-state index is 0.0356. The molecule has 0 saturated carbocycles. The van der Waals surface area contributed by atoms with Crippen LogP contribution >= 0.6 is 0 Å². The second-order valence-corrected chi connectivity index (χ2v) is 26.3. The predicted octanol–water partition coefficient (Wildman–Crippen LogP) is 26.7. The molecule has 3 heteroatoms. The van der Waals surface area contributed by atoms with Crippen LogP contribution < -0.4 is 9.80 Å². The van der Waals surface area contributed by atoms with Crippen molar-refractivity contribution in [2.75, 3.05) is 9.80 Å². The highest BCUT2D eigenvalue weighted by molar-refractivity contribution is 6.10. The van der Waals surface area contributed by atoms with Crippen LogP contribution in [0.25, 0.3) is 72.0 Å². The van der Waals surface area contributed by atoms with Crippen molar-refractivity contribution < 1.29 is 0 Å². The van der Waals surface area contributed by atoms with Crippen molar-refractivity contribution in [3.8, 4) is 50.2 Å². The highest BCUT2D eigenvalue weighted by Gasteiger charge is 2.42. The van der Waals surface area contributed by atoms with Crippen LogP contribution in [0.3, 0.4) is 0 Å². The standard InChI is InChI=1S/C89H91N3/c1-5-7-9-11-13-15-17-27-61-89(62-28-18-16-14-12-10-8-6-2)85-63-67(4)37-58-81(85)82-59-46-72(64-86(82)89)70-42-52-78(53-43-70)91(76-48-35-66(3)36-49-76)79-54-44-71(45-55-79)73-47-60-84-83-33-25-26-34-87(83)92(88(84)65-73)80-56-40-69(41-57-80)68-38-50-77(51-39-68)90(74-29-21-19-22-30-74)75-31-23-20-24-32-75/h19-26,29-60,63-65H,5-18,27-28,61-62H2,1-4H3. The Morgan fingerprint density at radius 1 is 0.283 bits per heavy atom. The molecule has 92 heavy (non-hydrogen) atoms. The van der Waals surface area contributed by atoms with Gasteiger partial charge in [-0.05, 0) is 185 Å². The van der Waals surface area contributed by atoms with Gasteiger partial charge in [-0.25, -0.2) is 0 Å². The van der Waals surface area contributed by atoms with Crippen LogP contribution in [0.1, 0.15) is 152 Å². The quantitative estimate of drug-likeness (QED) is 0.0453. The van der Waals surface area contributed by atoms with E-state index < -0.39 is 0 Å². The van der Waals surface area contributed by atoms with E-state index in [-0.39, 0.29) is 5.41 Å². The Kier molecular flexibility index (Phi) is 19.4. The summed E-state index contributed by atoms with van der Waals surface area (Å²) in [7, 11) is 0. The number of hydrogen-bond donors (Lipinski definition) is 0. The average molecular weight is 1200 g/mol. The molecule has 0 fully saturated rings. The van der Waals surface area contributed by atoms with Gasteiger partial charge in [-0.1, -0.05) is 285 Å². The van der Waals surface area contributed by atoms with Crippen LogP contribution in [0.15, 0.2) is 261 Å². The lowest BCUT2D eigenvalue weighted by Gasteiger charge is -2.33. The molecule has 0 bridgehead atoms. The molecule has 0 saturated heterocycles. The third-order valence-corrected chi connectivity index (χ3v) is 19.9. The molecule has 1 aliphatic carbocycles. The summed E-state index contributed by atoms with van der Waals surface area (Å²) in [5.41, 5.74) is 26.3. The molecule has 11 aromatic carbocycles. The van der Waals surface area contributed by atoms with Crippen LogP contribution in [-0.4, -0.2) is 4.57 Å². The minimum Gasteiger partial charge on any atom is -0.311 e. The van der Waals surface area contributed by atoms with Crippen LogP contribution in [0.2, 0.25) is 0 Å². The van der Waals surface area contributed by atoms with E-state index in [1.807, 2.05) is 0 Å². The summed E-state index contributed by atoms with van der Waals surface area (Å²) in [6.07, 6.45) is 24.0. The number of para-hydroxylation sites is 3. The highest BCUT2D eigenvalue weighted by Crippen LogP contribution is 2.55. The zero-order valence-electron chi connectivity index (χ0n) is 54.9. The number of anilines is 6. The molecule has 0 radical (unpaired) electrons. The van der Waals surface area contributed by atoms with E-state index in [0.717, 1.165) is 39.8 Å². The second-order valence-electron chi connectivity index (χ2n) is 26.3. The lowest BCUT2D eigenvalue weighted by molar-refractivity contribution is 0.397. The van der Waals surface area contributed by atoms with Gasteiger partial charge in [0, 0.05) is 56.0 Å². The van der Waals surface area contributed by atoms with E-state index in [9.17, 15) is 0 Å². The Labute approximate surface area is 549 Å². The Bertz CT molecular complexity index is 4290. The van der Waals surface area contributed by atoms with E-state index in [1.54, 1.807) is 11.1 Å². The Morgan fingerprint density at radius 3 is 1.15 bits per heavy atom. The van der Waals surface area contributed by atoms with Crippen LogP contribution in [-0.2, 0) is 5.41 Å². The monoisotopic (exact) mass is 1200 g/mol. The van der Waals surface area contributed by atoms with Gasteiger partial charge in [0.25, 0.3) is 0 Å². The molecule has 12 aromatic rings. The molecule has 13 rings (SSSR count). The van der Waals surface area contributed by atoms with Gasteiger partial charge in [0.1, 0.15) is 0 Å². The molecular weight excluding hydrogens is 1110 g/mol. The van der Waals surface area contributed by atoms with Crippen molar-refractivity contribution in [2.45, 2.75) is 149 Å². The lowest BCUT2D eigenvalue weighted by atomic mass is 9.70. The number of fused-ring (bicyclic) bond motifs is 6. The number of rotatable bonds is 28. The molecule has 462 valence electrons. The van der Waals surface area contributed by atoms with E-state index >= 15 is 0 Å². The van der Waals surface area contributed by atoms with Crippen molar-refractivity contribution >= 4 is 55.9 Å². The molecule has 1 heterocycles. The third-order valence-electron chi connectivity index (χ3n) is 19.9. The molecule has 0 spiro atoms. The zero-order valence-corrected chi connectivity index (χ0v) is 54.9. The predicted molar refractivity (Wildman–Crippen MR) is 397 cm³/mol. The van der Waals surface area contributed by atoms with Crippen LogP contribution in [0.4, 0.5) is 34.1 Å². The summed E-state index contributed by atoms with van der Waals surface area (Å²) >= 11 is 0. The van der Waals surface area contributed by atoms with Gasteiger partial charge in [-0.2, -0.15) is 0 Å². The maximum absolute atomic E-state index is 2.62. The SMILES string of the molecule is CCCCCCCCCCC1(CCCCCCCCCC)c2cc(C)ccc2-c2ccc(-c3ccc(N(c4ccc(C)cc4)c4ccc(-c5ccc6c7ccccc7n(-c7ccc(-c8ccc(N(c9ccccc9)c9ccccc9)cc8)cc7)c6c5)cc4)cc3)cc21. The molecule has 0 amide bonds. The molecule has 0 N–H and O–H groups in total. The average Bonchev–Trinajstić information content (AvgIpc) is 1.59. The van der Waals surface area contributed by atoms with E-state index in [4.69, 9.17) is 0 Å². The summed E-state index contributed by atoms with van der Waals surface area (Å²) in [5.74, 6) is 0. The molecule has 0 aliphatic heterocycles. The Morgan fingerprint density at radius 2 is 0.641 bits per heavy atom. The fraction of sp³-hybridized carbons (Fsp3) is 0.258. The number of nitrogens with zero attached hydrogens (tertiary/aromatic N) is 3. The molecule has 1 aliphatic rings. The van der Waals surface area contributed by atoms with Crippen molar-refractivity contribution in [1.82, 2.24) is 4.57 Å². The smallest absolute Gasteiger partial charge is 0.0547 e. The summed E-state index contributed by atoms with van der Waals surface area (Å²) < 4.78 is 2.44. The van der Waals surface area contributed by atoms with E-state index in [0.29, 0.717) is 0 Å². The minimum atomic E-state index is 0.0356. The number of unbranched alkanes of at least 4 members (excludes halogenated alkanes) is 14. The molecule has 0 unspecified atom stereocenters. The van der Waals surface area contributed by atoms with Crippen molar-refractivity contribution in [2.24, 2.45) is 0 Å². The van der Waals surface area contributed by atoms with Gasteiger partial charge in [0.2, 0.25) is 0 Å². The molecular formula is C89H91N3. The normalized spacial score (nSPS) is 12.3. The topological polar surface area (TPSA) is 11.4 Å². The van der Waals surface area contributed by atoms with E-state index in [1.165, 1.54) is 193 Å². The van der Waals surface area contributed by atoms with Crippen molar-refractivity contribution in [3.63, 3.8) is 0 Å². The fourth-order valence-electron chi connectivity index (χ4n) is 15.0. The first-order valence-electron chi connectivity index (χ1n) is 34.9. The summed E-state index contributed by atoms with van der Waals surface area (Å²) in [6.45, 7) is 9.12. The highest BCUT2D eigenvalue weighted by atomic mass is 15.1. The number of aryl methyl sites for hydroxylation is 2. The molecule has 3 nitrogen and oxygen atoms in total. The first-order valence-corrected chi connectivity index (χ1v) is 34.9. The summed E-state index contributed by atoms with van der Waals surface area (Å²) in [6, 6.07) is 97.5. The molecule has 1 aromatic heterocycles. The van der Waals surface area contributed by atoms with Gasteiger partial charge < -0.3 is 14.4 Å². The van der Waals surface area contributed by atoms with Gasteiger partial charge in [0.05, 0.1) is 11.0 Å². The third kappa shape index (κ3) is 13.3. The first kappa shape index (κ1) is 61.7. The largest absolute Gasteiger partial charge is 0.311 e. The Hall–Kier alpha value is -9.18. The van der Waals surface area contributed by atoms with Gasteiger partial charge in [-0.3, -0.25) is 0 Å². The fourth-order valence-corrected chi connectivity index (χ4v) is 15.0. The van der Waals surface area contributed by atoms with Crippen LogP contribution in [0.5, 0.6) is 0 Å². The zero-order chi connectivity index (χ0) is 62.6.